The van der Waals surface area contributed by atoms with Gasteiger partial charge in [0, 0.05) is 18.0 Å². The van der Waals surface area contributed by atoms with Gasteiger partial charge in [-0.3, -0.25) is 9.97 Å². The highest BCUT2D eigenvalue weighted by Crippen LogP contribution is 2.25. The van der Waals surface area contributed by atoms with Crippen molar-refractivity contribution in [3.63, 3.8) is 0 Å². The van der Waals surface area contributed by atoms with Crippen LogP contribution in [-0.4, -0.2) is 9.97 Å². The molecule has 3 rings (SSSR count). The van der Waals surface area contributed by atoms with Gasteiger partial charge in [0.25, 0.3) is 0 Å². The Morgan fingerprint density at radius 2 is 1.71 bits per heavy atom. The van der Waals surface area contributed by atoms with Crippen molar-refractivity contribution in [1.82, 2.24) is 9.97 Å². The summed E-state index contributed by atoms with van der Waals surface area (Å²) in [5.41, 5.74) is 5.19. The van der Waals surface area contributed by atoms with Crippen molar-refractivity contribution in [3.05, 3.63) is 60.4 Å². The average Bonchev–Trinajstić information content (AvgIpc) is 2.94. The van der Waals surface area contributed by atoms with Crippen molar-refractivity contribution in [1.29, 1.82) is 0 Å². The van der Waals surface area contributed by atoms with E-state index in [9.17, 15) is 0 Å². The maximum Gasteiger partial charge on any atom is 0.0797 e. The molecule has 3 aromatic rings. The second-order valence-corrected chi connectivity index (χ2v) is 4.54. The summed E-state index contributed by atoms with van der Waals surface area (Å²) in [6.07, 6.45) is 3.70. The van der Waals surface area contributed by atoms with E-state index in [4.69, 9.17) is 0 Å². The van der Waals surface area contributed by atoms with Crippen LogP contribution in [0.25, 0.3) is 21.7 Å². The fraction of sp³-hybridized carbons (Fsp3) is 0. The second-order valence-electron chi connectivity index (χ2n) is 3.66. The van der Waals surface area contributed by atoms with E-state index in [1.54, 1.807) is 11.3 Å². The Bertz CT molecular complexity index is 586. The van der Waals surface area contributed by atoms with Crippen LogP contribution in [0.4, 0.5) is 0 Å². The summed E-state index contributed by atoms with van der Waals surface area (Å²) in [5.74, 6) is 0. The van der Waals surface area contributed by atoms with Crippen molar-refractivity contribution in [2.24, 2.45) is 0 Å². The molecule has 17 heavy (non-hydrogen) atoms. The highest BCUT2D eigenvalue weighted by Gasteiger charge is 2.01. The van der Waals surface area contributed by atoms with Gasteiger partial charge in [0.2, 0.25) is 0 Å². The number of pyridine rings is 1. The Balaban J connectivity index is 1.96. The van der Waals surface area contributed by atoms with Crippen molar-refractivity contribution in [3.8, 4) is 21.7 Å². The van der Waals surface area contributed by atoms with Crippen LogP contribution in [0.1, 0.15) is 0 Å². The van der Waals surface area contributed by atoms with Crippen molar-refractivity contribution < 1.29 is 0 Å². The van der Waals surface area contributed by atoms with Crippen LogP contribution in [0.5, 0.6) is 0 Å². The summed E-state index contributed by atoms with van der Waals surface area (Å²) >= 11 is 1.65. The predicted octanol–water partition coefficient (Wildman–Crippen LogP) is 3.87. The Labute approximate surface area is 104 Å². The van der Waals surface area contributed by atoms with E-state index in [1.165, 1.54) is 10.4 Å². The van der Waals surface area contributed by atoms with Crippen LogP contribution in [-0.2, 0) is 0 Å². The molecule has 0 N–H and O–H groups in total. The Morgan fingerprint density at radius 1 is 0.882 bits per heavy atom. The van der Waals surface area contributed by atoms with E-state index < -0.39 is 0 Å². The summed E-state index contributed by atoms with van der Waals surface area (Å²) in [4.78, 5) is 9.61. The number of rotatable bonds is 2. The molecule has 0 saturated heterocycles. The van der Waals surface area contributed by atoms with Gasteiger partial charge in [-0.05, 0) is 17.7 Å². The Morgan fingerprint density at radius 3 is 2.35 bits per heavy atom. The number of nitrogens with zero attached hydrogens (tertiary/aromatic N) is 2. The first kappa shape index (κ1) is 10.2. The van der Waals surface area contributed by atoms with Gasteiger partial charge >= 0.3 is 0 Å². The fourth-order valence-electron chi connectivity index (χ4n) is 1.70. The third-order valence-corrected chi connectivity index (χ3v) is 3.38. The van der Waals surface area contributed by atoms with Gasteiger partial charge < -0.3 is 0 Å². The minimum absolute atomic E-state index is 1.00. The summed E-state index contributed by atoms with van der Waals surface area (Å²) in [7, 11) is 0. The number of thiazole rings is 1. The highest BCUT2D eigenvalue weighted by molar-refractivity contribution is 7.13. The van der Waals surface area contributed by atoms with Gasteiger partial charge in [0.15, 0.2) is 0 Å². The fourth-order valence-corrected chi connectivity index (χ4v) is 2.33. The largest absolute Gasteiger partial charge is 0.256 e. The molecule has 1 aromatic carbocycles. The first-order valence-electron chi connectivity index (χ1n) is 5.34. The zero-order valence-corrected chi connectivity index (χ0v) is 9.89. The molecule has 0 amide bonds. The molecule has 0 radical (unpaired) electrons. The molecule has 0 spiro atoms. The van der Waals surface area contributed by atoms with Gasteiger partial charge in [0.05, 0.1) is 16.1 Å². The van der Waals surface area contributed by atoms with Gasteiger partial charge in [0.1, 0.15) is 0 Å². The average molecular weight is 238 g/mol. The molecule has 0 atom stereocenters. The standard InChI is InChI=1S/C14H10N2S/c1-2-8-16-13(3-1)11-4-6-12(7-5-11)14-9-15-10-17-14/h1-10H. The number of aromatic nitrogens is 2. The van der Waals surface area contributed by atoms with Crippen molar-refractivity contribution >= 4 is 11.3 Å². The zero-order valence-electron chi connectivity index (χ0n) is 9.08. The van der Waals surface area contributed by atoms with Crippen LogP contribution in [0.15, 0.2) is 60.4 Å². The molecule has 0 aliphatic carbocycles. The normalized spacial score (nSPS) is 10.4. The predicted molar refractivity (Wildman–Crippen MR) is 70.8 cm³/mol. The molecule has 0 fully saturated rings. The van der Waals surface area contributed by atoms with E-state index in [1.807, 2.05) is 36.1 Å². The van der Waals surface area contributed by atoms with Gasteiger partial charge in [-0.15, -0.1) is 11.3 Å². The van der Waals surface area contributed by atoms with Gasteiger partial charge in [-0.2, -0.15) is 0 Å². The molecule has 0 unspecified atom stereocenters. The topological polar surface area (TPSA) is 25.8 Å². The van der Waals surface area contributed by atoms with Crippen LogP contribution >= 0.6 is 11.3 Å². The van der Waals surface area contributed by atoms with Crippen molar-refractivity contribution in [2.45, 2.75) is 0 Å². The Kier molecular flexibility index (Phi) is 2.68. The Hall–Kier alpha value is -2.00. The van der Waals surface area contributed by atoms with Crippen LogP contribution < -0.4 is 0 Å². The smallest absolute Gasteiger partial charge is 0.0797 e. The van der Waals surface area contributed by atoms with E-state index in [0.29, 0.717) is 0 Å². The maximum atomic E-state index is 4.33. The van der Waals surface area contributed by atoms with E-state index in [0.717, 1.165) is 11.3 Å². The highest BCUT2D eigenvalue weighted by atomic mass is 32.1. The lowest BCUT2D eigenvalue weighted by Gasteiger charge is -2.01. The number of hydrogen-bond donors (Lipinski definition) is 0. The number of benzene rings is 1. The van der Waals surface area contributed by atoms with E-state index in [2.05, 4.69) is 34.2 Å². The first-order chi connectivity index (χ1) is 8.43. The molecule has 2 nitrogen and oxygen atoms in total. The number of hydrogen-bond acceptors (Lipinski definition) is 3. The second kappa shape index (κ2) is 4.47. The third-order valence-electron chi connectivity index (χ3n) is 2.56. The monoisotopic (exact) mass is 238 g/mol. The van der Waals surface area contributed by atoms with E-state index in [-0.39, 0.29) is 0 Å². The summed E-state index contributed by atoms with van der Waals surface area (Å²) in [6.45, 7) is 0. The summed E-state index contributed by atoms with van der Waals surface area (Å²) < 4.78 is 0. The van der Waals surface area contributed by atoms with Crippen LogP contribution in [0.3, 0.4) is 0 Å². The first-order valence-corrected chi connectivity index (χ1v) is 6.22. The molecule has 0 aliphatic heterocycles. The lowest BCUT2D eigenvalue weighted by molar-refractivity contribution is 1.33. The molecular formula is C14H10N2S. The molecule has 2 aromatic heterocycles. The molecule has 0 bridgehead atoms. The molecule has 0 saturated carbocycles. The quantitative estimate of drug-likeness (QED) is 0.677. The lowest BCUT2D eigenvalue weighted by atomic mass is 10.1. The minimum Gasteiger partial charge on any atom is -0.256 e. The van der Waals surface area contributed by atoms with E-state index >= 15 is 0 Å². The summed E-state index contributed by atoms with van der Waals surface area (Å²) in [6, 6.07) is 14.3. The maximum absolute atomic E-state index is 4.33. The molecule has 3 heteroatoms. The molecule has 2 heterocycles. The minimum atomic E-state index is 1.00. The van der Waals surface area contributed by atoms with Crippen LogP contribution in [0.2, 0.25) is 0 Å². The SMILES string of the molecule is c1ccc(-c2ccc(-c3cncs3)cc2)nc1. The summed E-state index contributed by atoms with van der Waals surface area (Å²) in [5, 5.41) is 0. The molecule has 0 aliphatic rings. The van der Waals surface area contributed by atoms with Gasteiger partial charge in [-0.25, -0.2) is 0 Å². The third kappa shape index (κ3) is 2.10. The van der Waals surface area contributed by atoms with Crippen LogP contribution in [0, 0.1) is 0 Å². The zero-order chi connectivity index (χ0) is 11.5. The van der Waals surface area contributed by atoms with Gasteiger partial charge in [-0.1, -0.05) is 30.3 Å². The van der Waals surface area contributed by atoms with Crippen molar-refractivity contribution in [2.75, 3.05) is 0 Å². The molecular weight excluding hydrogens is 228 g/mol. The molecule has 82 valence electrons. The lowest BCUT2D eigenvalue weighted by Crippen LogP contribution is -1.81.